The molecule has 5 nitrogen and oxygen atoms in total. The minimum absolute atomic E-state index is 0.554. The van der Waals surface area contributed by atoms with Gasteiger partial charge in [0.2, 0.25) is 5.75 Å². The van der Waals surface area contributed by atoms with Gasteiger partial charge in [0.05, 0.1) is 39.4 Å². The van der Waals surface area contributed by atoms with Crippen LogP contribution in [-0.2, 0) is 0 Å². The molecule has 1 aromatic heterocycles. The average molecular weight is 325 g/mol. The first-order valence-electron chi connectivity index (χ1n) is 5.47. The predicted octanol–water partition coefficient (Wildman–Crippen LogP) is 2.93. The molecule has 6 heteroatoms. The predicted molar refractivity (Wildman–Crippen MR) is 74.8 cm³/mol. The third-order valence-electron chi connectivity index (χ3n) is 2.58. The van der Waals surface area contributed by atoms with Crippen molar-refractivity contribution < 1.29 is 14.2 Å². The van der Waals surface area contributed by atoms with E-state index in [1.165, 1.54) is 0 Å². The summed E-state index contributed by atoms with van der Waals surface area (Å²) in [4.78, 5) is 8.44. The number of halogens is 1. The van der Waals surface area contributed by atoms with Crippen molar-refractivity contribution in [2.75, 3.05) is 21.3 Å². The van der Waals surface area contributed by atoms with Crippen LogP contribution in [-0.4, -0.2) is 31.3 Å². The van der Waals surface area contributed by atoms with E-state index in [1.54, 1.807) is 33.7 Å². The molecule has 0 saturated carbocycles. The molecule has 0 aliphatic heterocycles. The number of ether oxygens (including phenoxy) is 3. The van der Waals surface area contributed by atoms with Gasteiger partial charge in [0.1, 0.15) is 4.60 Å². The van der Waals surface area contributed by atoms with E-state index in [-0.39, 0.29) is 0 Å². The van der Waals surface area contributed by atoms with Crippen LogP contribution in [0.15, 0.2) is 29.1 Å². The molecule has 100 valence electrons. The van der Waals surface area contributed by atoms with Gasteiger partial charge in [0.25, 0.3) is 0 Å². The summed E-state index contributed by atoms with van der Waals surface area (Å²) in [5.74, 6) is 1.72. The number of nitrogens with zero attached hydrogens (tertiary/aromatic N) is 2. The van der Waals surface area contributed by atoms with E-state index >= 15 is 0 Å². The zero-order chi connectivity index (χ0) is 13.8. The Morgan fingerprint density at radius 3 is 1.95 bits per heavy atom. The number of hydrogen-bond donors (Lipinski definition) is 0. The summed E-state index contributed by atoms with van der Waals surface area (Å²) in [6.45, 7) is 0. The lowest BCUT2D eigenvalue weighted by Gasteiger charge is -2.13. The Hall–Kier alpha value is -1.82. The van der Waals surface area contributed by atoms with Crippen molar-refractivity contribution in [2.45, 2.75) is 0 Å². The van der Waals surface area contributed by atoms with Gasteiger partial charge in [-0.2, -0.15) is 0 Å². The van der Waals surface area contributed by atoms with Crippen LogP contribution in [0.2, 0.25) is 0 Å². The van der Waals surface area contributed by atoms with E-state index < -0.39 is 0 Å². The topological polar surface area (TPSA) is 53.5 Å². The molecule has 0 fully saturated rings. The summed E-state index contributed by atoms with van der Waals surface area (Å²) in [6, 6.07) is 3.67. The first-order chi connectivity index (χ1) is 9.19. The van der Waals surface area contributed by atoms with Crippen LogP contribution in [0, 0.1) is 0 Å². The zero-order valence-corrected chi connectivity index (χ0v) is 12.4. The summed E-state index contributed by atoms with van der Waals surface area (Å²) in [5.41, 5.74) is 1.57. The van der Waals surface area contributed by atoms with Gasteiger partial charge in [0.15, 0.2) is 11.5 Å². The second kappa shape index (κ2) is 5.88. The number of hydrogen-bond acceptors (Lipinski definition) is 5. The van der Waals surface area contributed by atoms with Crippen LogP contribution in [0.3, 0.4) is 0 Å². The van der Waals surface area contributed by atoms with E-state index in [0.717, 1.165) is 11.3 Å². The molecule has 2 aromatic rings. The SMILES string of the molecule is COc1cc(-c2cnc(Br)cn2)cc(OC)c1OC. The van der Waals surface area contributed by atoms with Crippen molar-refractivity contribution in [2.24, 2.45) is 0 Å². The van der Waals surface area contributed by atoms with Gasteiger partial charge in [-0.3, -0.25) is 4.98 Å². The highest BCUT2D eigenvalue weighted by molar-refractivity contribution is 9.10. The van der Waals surface area contributed by atoms with E-state index in [9.17, 15) is 0 Å². The van der Waals surface area contributed by atoms with Crippen LogP contribution >= 0.6 is 15.9 Å². The molecule has 19 heavy (non-hydrogen) atoms. The maximum atomic E-state index is 5.30. The zero-order valence-electron chi connectivity index (χ0n) is 10.8. The third kappa shape index (κ3) is 2.78. The van der Waals surface area contributed by atoms with Crippen molar-refractivity contribution in [3.63, 3.8) is 0 Å². The molecular formula is C13H13BrN2O3. The Labute approximate surface area is 119 Å². The summed E-state index contributed by atoms with van der Waals surface area (Å²) >= 11 is 3.25. The number of rotatable bonds is 4. The molecule has 1 heterocycles. The number of methoxy groups -OCH3 is 3. The molecule has 0 aliphatic carbocycles. The molecule has 2 rings (SSSR count). The summed E-state index contributed by atoms with van der Waals surface area (Å²) in [6.07, 6.45) is 3.31. The van der Waals surface area contributed by atoms with Gasteiger partial charge in [-0.15, -0.1) is 0 Å². The van der Waals surface area contributed by atoms with Crippen LogP contribution in [0.25, 0.3) is 11.3 Å². The standard InChI is InChI=1S/C13H13BrN2O3/c1-17-10-4-8(5-11(18-2)13(10)19-3)9-6-16-12(14)7-15-9/h4-7H,1-3H3. The van der Waals surface area contributed by atoms with Crippen molar-refractivity contribution in [3.8, 4) is 28.5 Å². The van der Waals surface area contributed by atoms with Gasteiger partial charge in [-0.25, -0.2) is 4.98 Å². The summed E-state index contributed by atoms with van der Waals surface area (Å²) in [7, 11) is 4.72. The van der Waals surface area contributed by atoms with Crippen LogP contribution < -0.4 is 14.2 Å². The van der Waals surface area contributed by atoms with Gasteiger partial charge < -0.3 is 14.2 Å². The maximum absolute atomic E-state index is 5.30. The molecule has 0 N–H and O–H groups in total. The first-order valence-corrected chi connectivity index (χ1v) is 6.26. The molecule has 0 unspecified atom stereocenters. The highest BCUT2D eigenvalue weighted by atomic mass is 79.9. The van der Waals surface area contributed by atoms with Crippen molar-refractivity contribution in [1.29, 1.82) is 0 Å². The molecule has 0 spiro atoms. The second-order valence-electron chi connectivity index (χ2n) is 3.64. The average Bonchev–Trinajstić information content (AvgIpc) is 2.46. The fraction of sp³-hybridized carbons (Fsp3) is 0.231. The fourth-order valence-electron chi connectivity index (χ4n) is 1.69. The van der Waals surface area contributed by atoms with Gasteiger partial charge >= 0.3 is 0 Å². The molecular weight excluding hydrogens is 312 g/mol. The van der Waals surface area contributed by atoms with Crippen LogP contribution in [0.4, 0.5) is 0 Å². The molecule has 0 radical (unpaired) electrons. The lowest BCUT2D eigenvalue weighted by Crippen LogP contribution is -1.96. The minimum Gasteiger partial charge on any atom is -0.493 e. The van der Waals surface area contributed by atoms with Crippen molar-refractivity contribution in [1.82, 2.24) is 9.97 Å². The normalized spacial score (nSPS) is 10.1. The fourth-order valence-corrected chi connectivity index (χ4v) is 1.90. The second-order valence-corrected chi connectivity index (χ2v) is 4.45. The van der Waals surface area contributed by atoms with E-state index in [0.29, 0.717) is 21.9 Å². The summed E-state index contributed by atoms with van der Waals surface area (Å²) in [5, 5.41) is 0. The van der Waals surface area contributed by atoms with Gasteiger partial charge in [-0.1, -0.05) is 0 Å². The Morgan fingerprint density at radius 2 is 1.53 bits per heavy atom. The van der Waals surface area contributed by atoms with Crippen molar-refractivity contribution in [3.05, 3.63) is 29.1 Å². The van der Waals surface area contributed by atoms with Crippen molar-refractivity contribution >= 4 is 15.9 Å². The lowest BCUT2D eigenvalue weighted by atomic mass is 10.1. The lowest BCUT2D eigenvalue weighted by molar-refractivity contribution is 0.324. The highest BCUT2D eigenvalue weighted by Gasteiger charge is 2.14. The minimum atomic E-state index is 0.554. The van der Waals surface area contributed by atoms with Crippen LogP contribution in [0.5, 0.6) is 17.2 Å². The first kappa shape index (κ1) is 13.6. The summed E-state index contributed by atoms with van der Waals surface area (Å²) < 4.78 is 16.6. The molecule has 0 atom stereocenters. The highest BCUT2D eigenvalue weighted by Crippen LogP contribution is 2.40. The largest absolute Gasteiger partial charge is 0.493 e. The monoisotopic (exact) mass is 324 g/mol. The van der Waals surface area contributed by atoms with Crippen LogP contribution in [0.1, 0.15) is 0 Å². The smallest absolute Gasteiger partial charge is 0.203 e. The molecule has 0 saturated heterocycles. The Morgan fingerprint density at radius 1 is 0.895 bits per heavy atom. The Balaban J connectivity index is 2.55. The quantitative estimate of drug-likeness (QED) is 0.865. The number of aromatic nitrogens is 2. The Kier molecular flexibility index (Phi) is 4.21. The third-order valence-corrected chi connectivity index (χ3v) is 2.99. The Bertz CT molecular complexity index is 548. The maximum Gasteiger partial charge on any atom is 0.203 e. The number of benzene rings is 1. The van der Waals surface area contributed by atoms with Gasteiger partial charge in [-0.05, 0) is 28.1 Å². The van der Waals surface area contributed by atoms with E-state index in [2.05, 4.69) is 25.9 Å². The molecule has 0 aliphatic rings. The van der Waals surface area contributed by atoms with Gasteiger partial charge in [0, 0.05) is 5.56 Å². The molecule has 1 aromatic carbocycles. The molecule has 0 amide bonds. The molecule has 0 bridgehead atoms. The van der Waals surface area contributed by atoms with E-state index in [1.807, 2.05) is 12.1 Å². The van der Waals surface area contributed by atoms with E-state index in [4.69, 9.17) is 14.2 Å².